The van der Waals surface area contributed by atoms with Crippen LogP contribution in [0.5, 0.6) is 5.75 Å². The van der Waals surface area contributed by atoms with Crippen LogP contribution in [0.15, 0.2) is 60.7 Å². The molecule has 1 heterocycles. The van der Waals surface area contributed by atoms with Crippen molar-refractivity contribution in [1.82, 2.24) is 4.98 Å². The third-order valence-corrected chi connectivity index (χ3v) is 2.77. The molecule has 0 unspecified atom stereocenters. The molecule has 0 fully saturated rings. The van der Waals surface area contributed by atoms with Crippen molar-refractivity contribution in [3.8, 4) is 17.0 Å². The zero-order valence-corrected chi connectivity index (χ0v) is 9.17. The zero-order chi connectivity index (χ0) is 11.7. The summed E-state index contributed by atoms with van der Waals surface area (Å²) >= 11 is 0. The molecule has 0 bridgehead atoms. The zero-order valence-electron chi connectivity index (χ0n) is 9.17. The number of pyridine rings is 1. The number of nitrogens with zero attached hydrogens (tertiary/aromatic N) is 1. The molecule has 2 aromatic carbocycles. The van der Waals surface area contributed by atoms with E-state index in [-0.39, 0.29) is 24.6 Å². The van der Waals surface area contributed by atoms with Gasteiger partial charge < -0.3 is 5.11 Å². The Balaban J connectivity index is 0.00000120. The van der Waals surface area contributed by atoms with Gasteiger partial charge in [-0.25, -0.2) is 4.98 Å². The van der Waals surface area contributed by atoms with Crippen molar-refractivity contribution in [2.24, 2.45) is 0 Å². The van der Waals surface area contributed by atoms with Crippen LogP contribution in [-0.4, -0.2) is 29.0 Å². The van der Waals surface area contributed by atoms with Gasteiger partial charge in [-0.2, -0.15) is 0 Å². The van der Waals surface area contributed by atoms with Gasteiger partial charge in [-0.15, -0.1) is 0 Å². The van der Waals surface area contributed by atoms with Crippen molar-refractivity contribution in [2.45, 2.75) is 0 Å². The fraction of sp³-hybridized carbons (Fsp3) is 0. The maximum atomic E-state index is 9.78. The number of hydrogen-bond donors (Lipinski definition) is 1. The molecule has 1 N–H and O–H groups in total. The molecular formula is C15H12LiNO. The van der Waals surface area contributed by atoms with Gasteiger partial charge in [0.1, 0.15) is 11.3 Å². The molecule has 18 heavy (non-hydrogen) atoms. The number of aromatic nitrogens is 1. The Morgan fingerprint density at radius 2 is 1.56 bits per heavy atom. The summed E-state index contributed by atoms with van der Waals surface area (Å²) < 4.78 is 0. The van der Waals surface area contributed by atoms with Gasteiger partial charge in [-0.1, -0.05) is 48.5 Å². The van der Waals surface area contributed by atoms with Gasteiger partial charge in [0.2, 0.25) is 0 Å². The Kier molecular flexibility index (Phi) is 3.71. The summed E-state index contributed by atoms with van der Waals surface area (Å²) in [7, 11) is 0. The number of aromatic hydroxyl groups is 1. The molecule has 84 valence electrons. The van der Waals surface area contributed by atoms with Crippen LogP contribution in [0.3, 0.4) is 0 Å². The Morgan fingerprint density at radius 3 is 2.33 bits per heavy atom. The van der Waals surface area contributed by atoms with Crippen LogP contribution >= 0.6 is 0 Å². The first-order chi connectivity index (χ1) is 8.34. The minimum atomic E-state index is 0. The molecule has 0 saturated carbocycles. The van der Waals surface area contributed by atoms with E-state index in [4.69, 9.17) is 0 Å². The molecule has 3 rings (SSSR count). The minimum absolute atomic E-state index is 0. The fourth-order valence-corrected chi connectivity index (χ4v) is 1.90. The predicted octanol–water partition coefficient (Wildman–Crippen LogP) is 2.96. The topological polar surface area (TPSA) is 33.1 Å². The summed E-state index contributed by atoms with van der Waals surface area (Å²) in [5.41, 5.74) is 2.58. The molecule has 0 amide bonds. The molecule has 0 saturated heterocycles. The van der Waals surface area contributed by atoms with Gasteiger partial charge in [0.15, 0.2) is 0 Å². The van der Waals surface area contributed by atoms with Crippen LogP contribution < -0.4 is 0 Å². The molecule has 3 heteroatoms. The summed E-state index contributed by atoms with van der Waals surface area (Å²) in [6, 6.07) is 19.3. The molecule has 2 nitrogen and oxygen atoms in total. The van der Waals surface area contributed by atoms with E-state index in [0.29, 0.717) is 5.52 Å². The van der Waals surface area contributed by atoms with Gasteiger partial charge >= 0.3 is 18.9 Å². The van der Waals surface area contributed by atoms with Crippen LogP contribution in [0.25, 0.3) is 22.2 Å². The standard InChI is InChI=1S/C15H11NO.Li.H/c17-14-8-4-7-12-9-10-13(16-15(12)14)11-5-2-1-3-6-11;;/h1-10,17H;;. The van der Waals surface area contributed by atoms with Crippen LogP contribution in [0.4, 0.5) is 0 Å². The Morgan fingerprint density at radius 1 is 0.778 bits per heavy atom. The van der Waals surface area contributed by atoms with Crippen molar-refractivity contribution < 1.29 is 5.11 Å². The number of fused-ring (bicyclic) bond motifs is 1. The second-order valence-electron chi connectivity index (χ2n) is 3.91. The van der Waals surface area contributed by atoms with Gasteiger partial charge in [0, 0.05) is 10.9 Å². The van der Waals surface area contributed by atoms with Gasteiger partial charge in [-0.05, 0) is 12.1 Å². The average Bonchev–Trinajstić information content (AvgIpc) is 2.40. The third kappa shape index (κ3) is 2.26. The molecule has 0 aliphatic heterocycles. The van der Waals surface area contributed by atoms with Crippen LogP contribution in [0, 0.1) is 0 Å². The Bertz CT molecular complexity index is 668. The predicted molar refractivity (Wildman–Crippen MR) is 76.0 cm³/mol. The first kappa shape index (κ1) is 12.7. The number of hydrogen-bond acceptors (Lipinski definition) is 2. The van der Waals surface area contributed by atoms with E-state index < -0.39 is 0 Å². The second-order valence-corrected chi connectivity index (χ2v) is 3.91. The molecule has 3 aromatic rings. The quantitative estimate of drug-likeness (QED) is 0.651. The number of phenolic OH excluding ortho intramolecular Hbond substituents is 1. The molecule has 0 spiro atoms. The number of para-hydroxylation sites is 1. The number of phenols is 1. The van der Waals surface area contributed by atoms with Crippen LogP contribution in [0.2, 0.25) is 0 Å². The van der Waals surface area contributed by atoms with Gasteiger partial charge in [0.25, 0.3) is 0 Å². The second kappa shape index (κ2) is 5.26. The van der Waals surface area contributed by atoms with E-state index in [2.05, 4.69) is 4.98 Å². The van der Waals surface area contributed by atoms with Crippen LogP contribution in [0.1, 0.15) is 0 Å². The summed E-state index contributed by atoms with van der Waals surface area (Å²) in [6.45, 7) is 0. The monoisotopic (exact) mass is 229 g/mol. The maximum absolute atomic E-state index is 9.78. The van der Waals surface area contributed by atoms with Crippen molar-refractivity contribution in [1.29, 1.82) is 0 Å². The number of benzene rings is 2. The summed E-state index contributed by atoms with van der Waals surface area (Å²) in [5, 5.41) is 10.7. The molecule has 0 aliphatic rings. The molecule has 0 atom stereocenters. The first-order valence-corrected chi connectivity index (χ1v) is 5.49. The van der Waals surface area contributed by atoms with Gasteiger partial charge in [-0.3, -0.25) is 0 Å². The van der Waals surface area contributed by atoms with E-state index >= 15 is 0 Å². The summed E-state index contributed by atoms with van der Waals surface area (Å²) in [4.78, 5) is 4.50. The van der Waals surface area contributed by atoms with Crippen molar-refractivity contribution in [3.05, 3.63) is 60.7 Å². The van der Waals surface area contributed by atoms with E-state index in [1.54, 1.807) is 6.07 Å². The van der Waals surface area contributed by atoms with Gasteiger partial charge in [0.05, 0.1) is 5.69 Å². The van der Waals surface area contributed by atoms with E-state index in [0.717, 1.165) is 16.6 Å². The van der Waals surface area contributed by atoms with Crippen LogP contribution in [-0.2, 0) is 0 Å². The molecular weight excluding hydrogens is 217 g/mol. The Labute approximate surface area is 117 Å². The van der Waals surface area contributed by atoms with Crippen molar-refractivity contribution in [3.63, 3.8) is 0 Å². The fourth-order valence-electron chi connectivity index (χ4n) is 1.90. The number of rotatable bonds is 1. The van der Waals surface area contributed by atoms with E-state index in [9.17, 15) is 5.11 Å². The third-order valence-electron chi connectivity index (χ3n) is 2.77. The van der Waals surface area contributed by atoms with Crippen molar-refractivity contribution in [2.75, 3.05) is 0 Å². The van der Waals surface area contributed by atoms with E-state index in [1.165, 1.54) is 0 Å². The normalized spacial score (nSPS) is 10.0. The SMILES string of the molecule is Oc1cccc2ccc(-c3ccccc3)nc12.[LiH]. The summed E-state index contributed by atoms with van der Waals surface area (Å²) in [5.74, 6) is 0.222. The summed E-state index contributed by atoms with van der Waals surface area (Å²) in [6.07, 6.45) is 0. The Hall–Kier alpha value is -1.75. The van der Waals surface area contributed by atoms with Crippen molar-refractivity contribution >= 4 is 29.8 Å². The first-order valence-electron chi connectivity index (χ1n) is 5.49. The average molecular weight is 229 g/mol. The molecule has 0 aliphatic carbocycles. The van der Waals surface area contributed by atoms with E-state index in [1.807, 2.05) is 54.6 Å². The molecule has 0 radical (unpaired) electrons. The molecule has 1 aromatic heterocycles.